The minimum absolute atomic E-state index is 0.193. The summed E-state index contributed by atoms with van der Waals surface area (Å²) in [5.41, 5.74) is 0.193. The maximum Gasteiger partial charge on any atom is 0.339 e. The van der Waals surface area contributed by atoms with Gasteiger partial charge in [-0.05, 0) is 25.5 Å². The Balaban J connectivity index is 2.44. The zero-order chi connectivity index (χ0) is 11.8. The van der Waals surface area contributed by atoms with Gasteiger partial charge in [-0.2, -0.15) is 0 Å². The van der Waals surface area contributed by atoms with Crippen molar-refractivity contribution in [3.8, 4) is 0 Å². The topological polar surface area (TPSA) is 71.5 Å². The zero-order valence-electron chi connectivity index (χ0n) is 9.27. The van der Waals surface area contributed by atoms with Gasteiger partial charge in [0.2, 0.25) is 0 Å². The van der Waals surface area contributed by atoms with Crippen LogP contribution in [-0.2, 0) is 4.74 Å². The molecule has 2 N–H and O–H groups in total. The van der Waals surface area contributed by atoms with Gasteiger partial charge in [-0.15, -0.1) is 0 Å². The minimum Gasteiger partial charge on any atom is -0.478 e. The van der Waals surface area contributed by atoms with Gasteiger partial charge in [0.25, 0.3) is 0 Å². The van der Waals surface area contributed by atoms with Gasteiger partial charge in [0.15, 0.2) is 0 Å². The van der Waals surface area contributed by atoms with Crippen LogP contribution in [0.2, 0.25) is 0 Å². The van der Waals surface area contributed by atoms with Gasteiger partial charge in [0, 0.05) is 26.0 Å². The van der Waals surface area contributed by atoms with E-state index in [9.17, 15) is 4.79 Å². The second kappa shape index (κ2) is 6.79. The van der Waals surface area contributed by atoms with Gasteiger partial charge in [-0.25, -0.2) is 9.78 Å². The molecule has 0 saturated heterocycles. The Morgan fingerprint density at radius 2 is 2.44 bits per heavy atom. The number of nitrogens with one attached hydrogen (secondary N) is 1. The molecule has 0 unspecified atom stereocenters. The molecule has 1 heterocycles. The summed E-state index contributed by atoms with van der Waals surface area (Å²) in [6.07, 6.45) is 2.39. The molecule has 0 spiro atoms. The molecule has 0 fully saturated rings. The second-order valence-corrected chi connectivity index (χ2v) is 3.18. The van der Waals surface area contributed by atoms with Crippen LogP contribution in [-0.4, -0.2) is 35.8 Å². The van der Waals surface area contributed by atoms with Gasteiger partial charge >= 0.3 is 5.97 Å². The van der Waals surface area contributed by atoms with Crippen LogP contribution >= 0.6 is 0 Å². The van der Waals surface area contributed by atoms with Crippen molar-refractivity contribution < 1.29 is 14.6 Å². The molecule has 0 saturated carbocycles. The molecule has 0 atom stereocenters. The molecule has 0 aliphatic rings. The van der Waals surface area contributed by atoms with Crippen LogP contribution in [0.15, 0.2) is 18.3 Å². The fraction of sp³-hybridized carbons (Fsp3) is 0.455. The van der Waals surface area contributed by atoms with E-state index in [0.29, 0.717) is 25.6 Å². The van der Waals surface area contributed by atoms with E-state index < -0.39 is 5.97 Å². The third-order valence-corrected chi connectivity index (χ3v) is 2.00. The van der Waals surface area contributed by atoms with Gasteiger partial charge in [-0.3, -0.25) is 0 Å². The van der Waals surface area contributed by atoms with Crippen LogP contribution < -0.4 is 5.32 Å². The molecule has 5 heteroatoms. The average molecular weight is 224 g/mol. The van der Waals surface area contributed by atoms with Crippen molar-refractivity contribution >= 4 is 11.8 Å². The van der Waals surface area contributed by atoms with Crippen molar-refractivity contribution in [3.63, 3.8) is 0 Å². The SMILES string of the molecule is CCOCCCNc1ncccc1C(=O)O. The van der Waals surface area contributed by atoms with E-state index in [2.05, 4.69) is 10.3 Å². The lowest BCUT2D eigenvalue weighted by molar-refractivity contribution is 0.0697. The molecule has 1 aromatic rings. The van der Waals surface area contributed by atoms with Crippen LogP contribution in [0.4, 0.5) is 5.82 Å². The van der Waals surface area contributed by atoms with Crippen molar-refractivity contribution in [2.75, 3.05) is 25.1 Å². The fourth-order valence-corrected chi connectivity index (χ4v) is 1.24. The van der Waals surface area contributed by atoms with E-state index in [1.165, 1.54) is 6.07 Å². The highest BCUT2D eigenvalue weighted by Crippen LogP contribution is 2.10. The molecule has 0 aromatic carbocycles. The number of pyridine rings is 1. The van der Waals surface area contributed by atoms with Crippen LogP contribution in [0.1, 0.15) is 23.7 Å². The highest BCUT2D eigenvalue weighted by molar-refractivity contribution is 5.92. The molecule has 0 bridgehead atoms. The molecular formula is C11H16N2O3. The smallest absolute Gasteiger partial charge is 0.339 e. The Morgan fingerprint density at radius 1 is 1.62 bits per heavy atom. The highest BCUT2D eigenvalue weighted by atomic mass is 16.5. The first-order chi connectivity index (χ1) is 7.75. The summed E-state index contributed by atoms with van der Waals surface area (Å²) in [6.45, 7) is 3.95. The minimum atomic E-state index is -0.972. The molecule has 1 rings (SSSR count). The number of carboxylic acids is 1. The molecule has 1 aromatic heterocycles. The first kappa shape index (κ1) is 12.4. The average Bonchev–Trinajstić information content (AvgIpc) is 2.29. The number of aromatic nitrogens is 1. The lowest BCUT2D eigenvalue weighted by Crippen LogP contribution is -2.11. The summed E-state index contributed by atoms with van der Waals surface area (Å²) in [4.78, 5) is 14.8. The van der Waals surface area contributed by atoms with E-state index >= 15 is 0 Å². The van der Waals surface area contributed by atoms with Crippen molar-refractivity contribution in [3.05, 3.63) is 23.9 Å². The van der Waals surface area contributed by atoms with E-state index in [1.807, 2.05) is 6.92 Å². The third-order valence-electron chi connectivity index (χ3n) is 2.00. The number of hydrogen-bond acceptors (Lipinski definition) is 4. The number of ether oxygens (including phenoxy) is 1. The van der Waals surface area contributed by atoms with Crippen molar-refractivity contribution in [1.29, 1.82) is 0 Å². The number of hydrogen-bond donors (Lipinski definition) is 2. The third kappa shape index (κ3) is 3.86. The Kier molecular flexibility index (Phi) is 5.28. The first-order valence-corrected chi connectivity index (χ1v) is 5.25. The van der Waals surface area contributed by atoms with Crippen LogP contribution in [0.3, 0.4) is 0 Å². The number of aromatic carboxylic acids is 1. The van der Waals surface area contributed by atoms with E-state index in [-0.39, 0.29) is 5.56 Å². The zero-order valence-corrected chi connectivity index (χ0v) is 9.27. The molecule has 88 valence electrons. The predicted molar refractivity (Wildman–Crippen MR) is 60.8 cm³/mol. The molecular weight excluding hydrogens is 208 g/mol. The normalized spacial score (nSPS) is 10.1. The van der Waals surface area contributed by atoms with Crippen molar-refractivity contribution in [2.45, 2.75) is 13.3 Å². The van der Waals surface area contributed by atoms with Crippen LogP contribution in [0.25, 0.3) is 0 Å². The molecule has 0 aliphatic heterocycles. The standard InChI is InChI=1S/C11H16N2O3/c1-2-16-8-4-7-13-10-9(11(14)15)5-3-6-12-10/h3,5-6H,2,4,7-8H2,1H3,(H,12,13)(H,14,15). The summed E-state index contributed by atoms with van der Waals surface area (Å²) in [5, 5.41) is 11.9. The first-order valence-electron chi connectivity index (χ1n) is 5.25. The Morgan fingerprint density at radius 3 is 3.12 bits per heavy atom. The summed E-state index contributed by atoms with van der Waals surface area (Å²) in [7, 11) is 0. The molecule has 16 heavy (non-hydrogen) atoms. The molecule has 0 amide bonds. The Bertz CT molecular complexity index is 342. The van der Waals surface area contributed by atoms with Gasteiger partial charge in [0.05, 0.1) is 0 Å². The predicted octanol–water partition coefficient (Wildman–Crippen LogP) is 1.62. The molecule has 0 aliphatic carbocycles. The number of anilines is 1. The van der Waals surface area contributed by atoms with Crippen LogP contribution in [0, 0.1) is 0 Å². The lowest BCUT2D eigenvalue weighted by Gasteiger charge is -2.07. The van der Waals surface area contributed by atoms with Crippen LogP contribution in [0.5, 0.6) is 0 Å². The molecule has 0 radical (unpaired) electrons. The summed E-state index contributed by atoms with van der Waals surface area (Å²) in [5.74, 6) is -0.563. The van der Waals surface area contributed by atoms with E-state index in [4.69, 9.17) is 9.84 Å². The fourth-order valence-electron chi connectivity index (χ4n) is 1.24. The van der Waals surface area contributed by atoms with E-state index in [1.54, 1.807) is 12.3 Å². The quantitative estimate of drug-likeness (QED) is 0.688. The van der Waals surface area contributed by atoms with Gasteiger partial charge in [0.1, 0.15) is 11.4 Å². The summed E-state index contributed by atoms with van der Waals surface area (Å²) < 4.78 is 5.17. The van der Waals surface area contributed by atoms with Gasteiger partial charge in [-0.1, -0.05) is 0 Å². The number of nitrogens with zero attached hydrogens (tertiary/aromatic N) is 1. The maximum absolute atomic E-state index is 10.9. The monoisotopic (exact) mass is 224 g/mol. The maximum atomic E-state index is 10.9. The Hall–Kier alpha value is -1.62. The summed E-state index contributed by atoms with van der Waals surface area (Å²) >= 11 is 0. The largest absolute Gasteiger partial charge is 0.478 e. The van der Waals surface area contributed by atoms with Gasteiger partial charge < -0.3 is 15.2 Å². The summed E-state index contributed by atoms with van der Waals surface area (Å²) in [6, 6.07) is 3.13. The number of rotatable bonds is 7. The second-order valence-electron chi connectivity index (χ2n) is 3.18. The van der Waals surface area contributed by atoms with Crippen molar-refractivity contribution in [2.24, 2.45) is 0 Å². The van der Waals surface area contributed by atoms with Crippen molar-refractivity contribution in [1.82, 2.24) is 4.98 Å². The number of carbonyl (C=O) groups is 1. The Labute approximate surface area is 94.5 Å². The molecule has 5 nitrogen and oxygen atoms in total. The van der Waals surface area contributed by atoms with E-state index in [0.717, 1.165) is 6.42 Å². The number of carboxylic acid groups (broad SMARTS) is 1. The highest BCUT2D eigenvalue weighted by Gasteiger charge is 2.09. The lowest BCUT2D eigenvalue weighted by atomic mass is 10.2.